The molecule has 3 atom stereocenters. The lowest BCUT2D eigenvalue weighted by Gasteiger charge is -2.31. The molecule has 1 amide bonds. The monoisotopic (exact) mass is 291 g/mol. The highest BCUT2D eigenvalue weighted by atomic mass is 19.1. The van der Waals surface area contributed by atoms with Crippen LogP contribution in [0.15, 0.2) is 24.3 Å². The van der Waals surface area contributed by atoms with E-state index in [1.54, 1.807) is 17.0 Å². The number of aliphatic carboxylic acids is 1. The van der Waals surface area contributed by atoms with E-state index in [0.717, 1.165) is 18.4 Å². The number of carbonyl (C=O) groups excluding carboxylic acids is 1. The summed E-state index contributed by atoms with van der Waals surface area (Å²) in [5, 5.41) is 9.07. The maximum atomic E-state index is 12.9. The van der Waals surface area contributed by atoms with Crippen molar-refractivity contribution in [3.63, 3.8) is 0 Å². The van der Waals surface area contributed by atoms with Gasteiger partial charge in [0.05, 0.1) is 5.92 Å². The van der Waals surface area contributed by atoms with Gasteiger partial charge in [-0.05, 0) is 42.9 Å². The van der Waals surface area contributed by atoms with Gasteiger partial charge in [0.2, 0.25) is 5.91 Å². The van der Waals surface area contributed by atoms with Crippen molar-refractivity contribution in [1.82, 2.24) is 4.90 Å². The average molecular weight is 291 g/mol. The molecule has 0 aromatic heterocycles. The zero-order chi connectivity index (χ0) is 15.0. The van der Waals surface area contributed by atoms with E-state index in [1.807, 2.05) is 0 Å². The summed E-state index contributed by atoms with van der Waals surface area (Å²) < 4.78 is 12.9. The van der Waals surface area contributed by atoms with Crippen LogP contribution in [0.2, 0.25) is 0 Å². The van der Waals surface area contributed by atoms with Crippen LogP contribution in [0.5, 0.6) is 0 Å². The molecule has 0 spiro atoms. The first-order valence-electron chi connectivity index (χ1n) is 7.33. The second kappa shape index (κ2) is 5.47. The molecule has 0 unspecified atom stereocenters. The van der Waals surface area contributed by atoms with Gasteiger partial charge in [-0.3, -0.25) is 9.59 Å². The number of halogens is 1. The number of piperidine rings is 1. The van der Waals surface area contributed by atoms with Crippen molar-refractivity contribution in [2.75, 3.05) is 13.1 Å². The summed E-state index contributed by atoms with van der Waals surface area (Å²) in [6, 6.07) is 6.28. The van der Waals surface area contributed by atoms with Gasteiger partial charge < -0.3 is 10.0 Å². The van der Waals surface area contributed by atoms with Gasteiger partial charge in [0.25, 0.3) is 0 Å². The van der Waals surface area contributed by atoms with Crippen LogP contribution in [-0.4, -0.2) is 35.0 Å². The molecule has 21 heavy (non-hydrogen) atoms. The van der Waals surface area contributed by atoms with Crippen LogP contribution in [0, 0.1) is 17.7 Å². The van der Waals surface area contributed by atoms with Crippen molar-refractivity contribution in [3.05, 3.63) is 35.6 Å². The second-order valence-corrected chi connectivity index (χ2v) is 5.96. The van der Waals surface area contributed by atoms with Crippen molar-refractivity contribution in [2.45, 2.75) is 25.2 Å². The van der Waals surface area contributed by atoms with E-state index < -0.39 is 11.9 Å². The third-order valence-corrected chi connectivity index (χ3v) is 4.49. The number of hydrogen-bond acceptors (Lipinski definition) is 2. The fourth-order valence-corrected chi connectivity index (χ4v) is 3.16. The first-order valence-corrected chi connectivity index (χ1v) is 7.33. The number of hydrogen-bond donors (Lipinski definition) is 1. The molecule has 5 heteroatoms. The highest BCUT2D eigenvalue weighted by Crippen LogP contribution is 2.48. The van der Waals surface area contributed by atoms with Crippen LogP contribution in [0.3, 0.4) is 0 Å². The normalized spacial score (nSPS) is 28.2. The number of carbonyl (C=O) groups is 2. The van der Waals surface area contributed by atoms with Gasteiger partial charge in [0.15, 0.2) is 0 Å². The topological polar surface area (TPSA) is 57.6 Å². The molecule has 1 aliphatic carbocycles. The predicted molar refractivity (Wildman–Crippen MR) is 74.2 cm³/mol. The van der Waals surface area contributed by atoms with E-state index in [1.165, 1.54) is 12.1 Å². The molecule has 1 aromatic carbocycles. The first kappa shape index (κ1) is 14.0. The Morgan fingerprint density at radius 1 is 1.24 bits per heavy atom. The van der Waals surface area contributed by atoms with Crippen LogP contribution in [0.4, 0.5) is 4.39 Å². The minimum Gasteiger partial charge on any atom is -0.481 e. The Morgan fingerprint density at radius 2 is 1.95 bits per heavy atom. The first-order chi connectivity index (χ1) is 10.1. The van der Waals surface area contributed by atoms with Crippen molar-refractivity contribution in [3.8, 4) is 0 Å². The smallest absolute Gasteiger partial charge is 0.308 e. The lowest BCUT2D eigenvalue weighted by atomic mass is 9.97. The minimum atomic E-state index is -0.821. The fraction of sp³-hybridized carbons (Fsp3) is 0.500. The Labute approximate surface area is 122 Å². The molecule has 3 rings (SSSR count). The summed E-state index contributed by atoms with van der Waals surface area (Å²) in [4.78, 5) is 25.2. The van der Waals surface area contributed by atoms with Crippen molar-refractivity contribution >= 4 is 11.9 Å². The third-order valence-electron chi connectivity index (χ3n) is 4.49. The number of benzene rings is 1. The maximum Gasteiger partial charge on any atom is 0.308 e. The summed E-state index contributed by atoms with van der Waals surface area (Å²) >= 11 is 0. The van der Waals surface area contributed by atoms with Gasteiger partial charge in [0, 0.05) is 19.0 Å². The van der Waals surface area contributed by atoms with Crippen LogP contribution in [0.25, 0.3) is 0 Å². The van der Waals surface area contributed by atoms with E-state index in [-0.39, 0.29) is 23.6 Å². The van der Waals surface area contributed by atoms with E-state index in [4.69, 9.17) is 5.11 Å². The Kier molecular flexibility index (Phi) is 3.66. The van der Waals surface area contributed by atoms with E-state index in [9.17, 15) is 14.0 Å². The van der Waals surface area contributed by atoms with Crippen LogP contribution < -0.4 is 0 Å². The SMILES string of the molecule is O=C(O)[C@@H]1CCCN(C(=O)[C@@H]2C[C@@H]2c2ccc(F)cc2)C1. The van der Waals surface area contributed by atoms with E-state index in [0.29, 0.717) is 19.5 Å². The largest absolute Gasteiger partial charge is 0.481 e. The molecule has 0 bridgehead atoms. The van der Waals surface area contributed by atoms with Crippen LogP contribution >= 0.6 is 0 Å². The third kappa shape index (κ3) is 2.91. The van der Waals surface area contributed by atoms with Gasteiger partial charge in [-0.25, -0.2) is 4.39 Å². The summed E-state index contributed by atoms with van der Waals surface area (Å²) in [7, 11) is 0. The van der Waals surface area contributed by atoms with Crippen molar-refractivity contribution in [1.29, 1.82) is 0 Å². The molecule has 4 nitrogen and oxygen atoms in total. The minimum absolute atomic E-state index is 0.0512. The van der Waals surface area contributed by atoms with Crippen molar-refractivity contribution < 1.29 is 19.1 Å². The molecule has 2 fully saturated rings. The molecule has 1 aliphatic heterocycles. The fourth-order valence-electron chi connectivity index (χ4n) is 3.16. The highest BCUT2D eigenvalue weighted by Gasteiger charge is 2.46. The molecule has 1 heterocycles. The Balaban J connectivity index is 1.62. The van der Waals surface area contributed by atoms with Gasteiger partial charge in [0.1, 0.15) is 5.82 Å². The van der Waals surface area contributed by atoms with E-state index >= 15 is 0 Å². The number of likely N-dealkylation sites (tertiary alicyclic amines) is 1. The number of carboxylic acids is 1. The maximum absolute atomic E-state index is 12.9. The summed E-state index contributed by atoms with van der Waals surface area (Å²) in [6.07, 6.45) is 2.17. The summed E-state index contributed by atoms with van der Waals surface area (Å²) in [5.74, 6) is -1.40. The Bertz CT molecular complexity index is 557. The highest BCUT2D eigenvalue weighted by molar-refractivity contribution is 5.84. The molecule has 0 radical (unpaired) electrons. The number of nitrogens with zero attached hydrogens (tertiary/aromatic N) is 1. The zero-order valence-corrected chi connectivity index (χ0v) is 11.7. The van der Waals surface area contributed by atoms with Crippen molar-refractivity contribution in [2.24, 2.45) is 11.8 Å². The second-order valence-electron chi connectivity index (χ2n) is 5.96. The van der Waals surface area contributed by atoms with Gasteiger partial charge >= 0.3 is 5.97 Å². The summed E-state index contributed by atoms with van der Waals surface area (Å²) in [6.45, 7) is 0.968. The lowest BCUT2D eigenvalue weighted by Crippen LogP contribution is -2.43. The number of rotatable bonds is 3. The predicted octanol–water partition coefficient (Wildman–Crippen LogP) is 2.25. The van der Waals surface area contributed by atoms with Gasteiger partial charge in [-0.2, -0.15) is 0 Å². The van der Waals surface area contributed by atoms with Crippen LogP contribution in [-0.2, 0) is 9.59 Å². The molecule has 1 saturated heterocycles. The van der Waals surface area contributed by atoms with E-state index in [2.05, 4.69) is 0 Å². The number of carboxylic acid groups (broad SMARTS) is 1. The van der Waals surface area contributed by atoms with Gasteiger partial charge in [-0.1, -0.05) is 12.1 Å². The standard InChI is InChI=1S/C16H18FNO3/c17-12-5-3-10(4-6-12)13-8-14(13)15(19)18-7-1-2-11(9-18)16(20)21/h3-6,11,13-14H,1-2,7-9H2,(H,20,21)/t11-,13-,14-/m1/s1. The molecule has 1 N–H and O–H groups in total. The summed E-state index contributed by atoms with van der Waals surface area (Å²) in [5.41, 5.74) is 0.988. The van der Waals surface area contributed by atoms with Crippen LogP contribution in [0.1, 0.15) is 30.7 Å². The van der Waals surface area contributed by atoms with Gasteiger partial charge in [-0.15, -0.1) is 0 Å². The molecule has 1 aromatic rings. The lowest BCUT2D eigenvalue weighted by molar-refractivity contribution is -0.146. The Hall–Kier alpha value is -1.91. The number of amides is 1. The molecule has 2 aliphatic rings. The average Bonchev–Trinajstić information content (AvgIpc) is 3.28. The zero-order valence-electron chi connectivity index (χ0n) is 11.7. The molecular formula is C16H18FNO3. The molecule has 112 valence electrons. The quantitative estimate of drug-likeness (QED) is 0.929. The molecule has 1 saturated carbocycles. The molecular weight excluding hydrogens is 273 g/mol. The Morgan fingerprint density at radius 3 is 2.62 bits per heavy atom.